The van der Waals surface area contributed by atoms with Crippen LogP contribution in [-0.4, -0.2) is 23.5 Å². The van der Waals surface area contributed by atoms with E-state index in [2.05, 4.69) is 5.16 Å². The van der Waals surface area contributed by atoms with Crippen molar-refractivity contribution in [2.24, 2.45) is 5.16 Å². The van der Waals surface area contributed by atoms with E-state index in [1.165, 1.54) is 0 Å². The number of aliphatic hydroxyl groups is 1. The van der Waals surface area contributed by atoms with Gasteiger partial charge in [-0.3, -0.25) is 0 Å². The summed E-state index contributed by atoms with van der Waals surface area (Å²) in [6, 6.07) is 2.36. The minimum absolute atomic E-state index is 0.0568. The first kappa shape index (κ1) is 12.8. The number of halogens is 4. The van der Waals surface area contributed by atoms with E-state index in [4.69, 9.17) is 9.94 Å². The van der Waals surface area contributed by atoms with Crippen molar-refractivity contribution in [3.8, 4) is 0 Å². The summed E-state index contributed by atoms with van der Waals surface area (Å²) in [5.74, 6) is -0.968. The highest BCUT2D eigenvalue weighted by Gasteiger charge is 2.36. The lowest BCUT2D eigenvalue weighted by Crippen LogP contribution is -2.16. The van der Waals surface area contributed by atoms with Crippen LogP contribution in [0.3, 0.4) is 0 Å². The van der Waals surface area contributed by atoms with Crippen LogP contribution >= 0.6 is 0 Å². The van der Waals surface area contributed by atoms with Crippen molar-refractivity contribution in [3.05, 3.63) is 35.1 Å². The van der Waals surface area contributed by atoms with Crippen molar-refractivity contribution in [1.29, 1.82) is 0 Å². The zero-order valence-corrected chi connectivity index (χ0v) is 9.04. The molecule has 1 aromatic carbocycles. The molecule has 7 heteroatoms. The largest absolute Gasteiger partial charge is 0.417 e. The van der Waals surface area contributed by atoms with Crippen molar-refractivity contribution < 1.29 is 27.5 Å². The molecule has 0 spiro atoms. The number of benzene rings is 1. The lowest BCUT2D eigenvalue weighted by Gasteiger charge is -2.12. The summed E-state index contributed by atoms with van der Waals surface area (Å²) < 4.78 is 51.1. The first-order valence-electron chi connectivity index (χ1n) is 5.12. The maximum Gasteiger partial charge on any atom is 0.417 e. The second-order valence-corrected chi connectivity index (χ2v) is 3.84. The van der Waals surface area contributed by atoms with Gasteiger partial charge in [0.1, 0.15) is 5.82 Å². The number of rotatable bonds is 2. The second kappa shape index (κ2) is 4.56. The first-order chi connectivity index (χ1) is 8.41. The van der Waals surface area contributed by atoms with Crippen LogP contribution in [0.25, 0.3) is 0 Å². The van der Waals surface area contributed by atoms with Gasteiger partial charge in [-0.25, -0.2) is 4.39 Å². The Morgan fingerprint density at radius 3 is 2.67 bits per heavy atom. The van der Waals surface area contributed by atoms with Crippen LogP contribution in [0.2, 0.25) is 0 Å². The van der Waals surface area contributed by atoms with E-state index in [1.807, 2.05) is 0 Å². The maximum absolute atomic E-state index is 12.9. The average molecular weight is 263 g/mol. The molecule has 2 rings (SSSR count). The minimum atomic E-state index is -4.67. The Bertz CT molecular complexity index is 484. The predicted octanol–water partition coefficient (Wildman–Crippen LogP) is 2.33. The smallest absolute Gasteiger partial charge is 0.392 e. The van der Waals surface area contributed by atoms with Crippen LogP contribution in [0.1, 0.15) is 17.5 Å². The Morgan fingerprint density at radius 1 is 1.39 bits per heavy atom. The topological polar surface area (TPSA) is 41.8 Å². The SMILES string of the molecule is OCC1CC(c2ccc(F)cc2C(F)(F)F)=NO1. The quantitative estimate of drug-likeness (QED) is 0.832. The van der Waals surface area contributed by atoms with Crippen LogP contribution in [0.5, 0.6) is 0 Å². The van der Waals surface area contributed by atoms with Crippen LogP contribution in [0.4, 0.5) is 17.6 Å². The molecule has 1 aliphatic heterocycles. The van der Waals surface area contributed by atoms with Crippen molar-refractivity contribution in [1.82, 2.24) is 0 Å². The first-order valence-corrected chi connectivity index (χ1v) is 5.12. The molecule has 1 N–H and O–H groups in total. The molecule has 0 aromatic heterocycles. The van der Waals surface area contributed by atoms with Gasteiger partial charge in [0.15, 0.2) is 6.10 Å². The average Bonchev–Trinajstić information content (AvgIpc) is 2.76. The number of nitrogens with zero attached hydrogens (tertiary/aromatic N) is 1. The van der Waals surface area contributed by atoms with E-state index in [1.54, 1.807) is 0 Å². The monoisotopic (exact) mass is 263 g/mol. The van der Waals surface area contributed by atoms with Gasteiger partial charge in [-0.05, 0) is 18.2 Å². The molecule has 1 unspecified atom stereocenters. The zero-order chi connectivity index (χ0) is 13.3. The molecule has 1 atom stereocenters. The van der Waals surface area contributed by atoms with E-state index >= 15 is 0 Å². The summed E-state index contributed by atoms with van der Waals surface area (Å²) in [5, 5.41) is 12.3. The fraction of sp³-hybridized carbons (Fsp3) is 0.364. The van der Waals surface area contributed by atoms with Gasteiger partial charge >= 0.3 is 6.18 Å². The van der Waals surface area contributed by atoms with Crippen LogP contribution in [0.15, 0.2) is 23.4 Å². The van der Waals surface area contributed by atoms with Gasteiger partial charge in [0.2, 0.25) is 0 Å². The third kappa shape index (κ3) is 2.45. The van der Waals surface area contributed by atoms with Gasteiger partial charge in [-0.2, -0.15) is 13.2 Å². The fourth-order valence-electron chi connectivity index (χ4n) is 1.69. The molecule has 0 radical (unpaired) electrons. The summed E-state index contributed by atoms with van der Waals surface area (Å²) in [5.41, 5.74) is -1.26. The summed E-state index contributed by atoms with van der Waals surface area (Å²) >= 11 is 0. The van der Waals surface area contributed by atoms with Crippen molar-refractivity contribution in [2.45, 2.75) is 18.7 Å². The van der Waals surface area contributed by atoms with Crippen molar-refractivity contribution in [2.75, 3.05) is 6.61 Å². The van der Waals surface area contributed by atoms with Crippen molar-refractivity contribution >= 4 is 5.71 Å². The summed E-state index contributed by atoms with van der Waals surface area (Å²) in [4.78, 5) is 4.74. The van der Waals surface area contributed by atoms with Gasteiger partial charge in [0.25, 0.3) is 0 Å². The molecule has 0 fully saturated rings. The highest BCUT2D eigenvalue weighted by atomic mass is 19.4. The standard InChI is InChI=1S/C11H9F4NO2/c12-6-1-2-8(9(3-6)11(13,14)15)10-4-7(5-17)18-16-10/h1-3,7,17H,4-5H2. The Balaban J connectivity index is 2.40. The van der Waals surface area contributed by atoms with Crippen molar-refractivity contribution in [3.63, 3.8) is 0 Å². The van der Waals surface area contributed by atoms with E-state index < -0.39 is 23.7 Å². The van der Waals surface area contributed by atoms with Crippen LogP contribution in [-0.2, 0) is 11.0 Å². The molecule has 1 aliphatic rings. The van der Waals surface area contributed by atoms with Crippen LogP contribution in [0, 0.1) is 5.82 Å². The normalized spacial score (nSPS) is 19.6. The molecule has 1 heterocycles. The lowest BCUT2D eigenvalue weighted by molar-refractivity contribution is -0.137. The van der Waals surface area contributed by atoms with E-state index in [0.717, 1.165) is 12.1 Å². The molecule has 1 aromatic rings. The summed E-state index contributed by atoms with van der Waals surface area (Å²) in [6.45, 7) is -0.338. The third-order valence-corrected chi connectivity index (χ3v) is 2.53. The van der Waals surface area contributed by atoms with E-state index in [0.29, 0.717) is 6.07 Å². The molecule has 0 aliphatic carbocycles. The highest BCUT2D eigenvalue weighted by molar-refractivity contribution is 6.02. The van der Waals surface area contributed by atoms with Gasteiger partial charge in [-0.15, -0.1) is 0 Å². The molecule has 3 nitrogen and oxygen atoms in total. The zero-order valence-electron chi connectivity index (χ0n) is 9.04. The molecule has 0 saturated carbocycles. The number of alkyl halides is 3. The van der Waals surface area contributed by atoms with Gasteiger partial charge in [0, 0.05) is 12.0 Å². The molecule has 0 amide bonds. The van der Waals surface area contributed by atoms with E-state index in [-0.39, 0.29) is 24.3 Å². The molecular weight excluding hydrogens is 254 g/mol. The number of hydrogen-bond donors (Lipinski definition) is 1. The summed E-state index contributed by atoms with van der Waals surface area (Å²) in [6.07, 6.45) is -5.26. The predicted molar refractivity (Wildman–Crippen MR) is 54.5 cm³/mol. The lowest BCUT2D eigenvalue weighted by atomic mass is 9.99. The Hall–Kier alpha value is -1.63. The summed E-state index contributed by atoms with van der Waals surface area (Å²) in [7, 11) is 0. The Labute approximate surface area is 99.7 Å². The maximum atomic E-state index is 12.9. The molecule has 0 bridgehead atoms. The van der Waals surface area contributed by atoms with Gasteiger partial charge in [-0.1, -0.05) is 5.16 Å². The Morgan fingerprint density at radius 2 is 2.11 bits per heavy atom. The number of hydrogen-bond acceptors (Lipinski definition) is 3. The second-order valence-electron chi connectivity index (χ2n) is 3.84. The third-order valence-electron chi connectivity index (χ3n) is 2.53. The Kier molecular flexibility index (Phi) is 3.25. The van der Waals surface area contributed by atoms with Gasteiger partial charge < -0.3 is 9.94 Å². The molecule has 0 saturated heterocycles. The minimum Gasteiger partial charge on any atom is -0.392 e. The molecule has 18 heavy (non-hydrogen) atoms. The van der Waals surface area contributed by atoms with E-state index in [9.17, 15) is 17.6 Å². The number of oxime groups is 1. The number of aliphatic hydroxyl groups excluding tert-OH is 1. The fourth-order valence-corrected chi connectivity index (χ4v) is 1.69. The van der Waals surface area contributed by atoms with Gasteiger partial charge in [0.05, 0.1) is 17.9 Å². The highest BCUT2D eigenvalue weighted by Crippen LogP contribution is 2.34. The molecule has 98 valence electrons. The van der Waals surface area contributed by atoms with Crippen LogP contribution < -0.4 is 0 Å². The molecular formula is C11H9F4NO2.